The van der Waals surface area contributed by atoms with Gasteiger partial charge in [0.2, 0.25) is 0 Å². The molecule has 0 spiro atoms. The van der Waals surface area contributed by atoms with Gasteiger partial charge in [-0.15, -0.1) is 0 Å². The second-order valence-corrected chi connectivity index (χ2v) is 4.99. The first-order valence-electron chi connectivity index (χ1n) is 7.07. The Bertz CT molecular complexity index is 414. The summed E-state index contributed by atoms with van der Waals surface area (Å²) < 4.78 is 16.9. The highest BCUT2D eigenvalue weighted by molar-refractivity contribution is 5.32. The minimum Gasteiger partial charge on any atom is -0.497 e. The maximum Gasteiger partial charge on any atom is 0.119 e. The monoisotopic (exact) mass is 280 g/mol. The maximum absolute atomic E-state index is 6.09. The first kappa shape index (κ1) is 15.3. The van der Waals surface area contributed by atoms with Gasteiger partial charge in [0.05, 0.1) is 18.8 Å². The molecule has 5 nitrogen and oxygen atoms in total. The molecule has 0 radical (unpaired) electrons. The first-order valence-corrected chi connectivity index (χ1v) is 7.07. The van der Waals surface area contributed by atoms with Gasteiger partial charge in [-0.3, -0.25) is 11.3 Å². The van der Waals surface area contributed by atoms with Crippen LogP contribution in [0, 0.1) is 0 Å². The predicted octanol–water partition coefficient (Wildman–Crippen LogP) is 1.79. The summed E-state index contributed by atoms with van der Waals surface area (Å²) in [5, 5.41) is 0. The van der Waals surface area contributed by atoms with Crippen LogP contribution >= 0.6 is 0 Å². The quantitative estimate of drug-likeness (QED) is 0.614. The largest absolute Gasteiger partial charge is 0.497 e. The molecule has 1 unspecified atom stereocenters. The van der Waals surface area contributed by atoms with Crippen LogP contribution in [0.4, 0.5) is 0 Å². The number of nitrogens with two attached hydrogens (primary N) is 1. The van der Waals surface area contributed by atoms with Crippen molar-refractivity contribution in [3.8, 4) is 5.75 Å². The molecule has 5 heteroatoms. The molecule has 0 aliphatic carbocycles. The average Bonchev–Trinajstić information content (AvgIpc) is 2.49. The van der Waals surface area contributed by atoms with Crippen LogP contribution in [0.3, 0.4) is 0 Å². The van der Waals surface area contributed by atoms with Crippen molar-refractivity contribution >= 4 is 0 Å². The Morgan fingerprint density at radius 2 is 2.15 bits per heavy atom. The molecule has 0 bridgehead atoms. The number of hydrogen-bond donors (Lipinski definition) is 2. The van der Waals surface area contributed by atoms with Crippen molar-refractivity contribution in [1.82, 2.24) is 5.43 Å². The van der Waals surface area contributed by atoms with E-state index in [1.54, 1.807) is 7.11 Å². The Balaban J connectivity index is 2.31. The summed E-state index contributed by atoms with van der Waals surface area (Å²) in [6, 6.07) is 7.86. The van der Waals surface area contributed by atoms with E-state index >= 15 is 0 Å². The van der Waals surface area contributed by atoms with Gasteiger partial charge >= 0.3 is 0 Å². The summed E-state index contributed by atoms with van der Waals surface area (Å²) in [6.45, 7) is 4.06. The molecular formula is C15H24N2O3. The molecule has 2 rings (SSSR count). The van der Waals surface area contributed by atoms with Gasteiger partial charge in [0.25, 0.3) is 0 Å². The van der Waals surface area contributed by atoms with E-state index in [9.17, 15) is 0 Å². The number of methoxy groups -OCH3 is 1. The summed E-state index contributed by atoms with van der Waals surface area (Å²) >= 11 is 0. The number of hydrazine groups is 1. The van der Waals surface area contributed by atoms with Crippen LogP contribution in [0.2, 0.25) is 0 Å². The zero-order valence-electron chi connectivity index (χ0n) is 12.2. The van der Waals surface area contributed by atoms with Gasteiger partial charge in [0.1, 0.15) is 5.75 Å². The van der Waals surface area contributed by atoms with E-state index < -0.39 is 0 Å². The molecule has 1 aliphatic rings. The predicted molar refractivity (Wildman–Crippen MR) is 77.5 cm³/mol. The molecule has 112 valence electrons. The Labute approximate surface area is 120 Å². The van der Waals surface area contributed by atoms with E-state index in [1.165, 1.54) is 0 Å². The van der Waals surface area contributed by atoms with Crippen LogP contribution in [0.15, 0.2) is 24.3 Å². The van der Waals surface area contributed by atoms with E-state index in [0.717, 1.165) is 24.2 Å². The summed E-state index contributed by atoms with van der Waals surface area (Å²) in [5.41, 5.74) is 3.68. The topological polar surface area (TPSA) is 65.7 Å². The van der Waals surface area contributed by atoms with Crippen LogP contribution in [0.25, 0.3) is 0 Å². The molecular weight excluding hydrogens is 256 g/mol. The fourth-order valence-corrected chi connectivity index (χ4v) is 2.89. The summed E-state index contributed by atoms with van der Waals surface area (Å²) in [5.74, 6) is 6.65. The highest BCUT2D eigenvalue weighted by Crippen LogP contribution is 2.38. The third-order valence-electron chi connectivity index (χ3n) is 3.89. The minimum absolute atomic E-state index is 0.0820. The maximum atomic E-state index is 6.09. The van der Waals surface area contributed by atoms with E-state index in [0.29, 0.717) is 19.8 Å². The fourth-order valence-electron chi connectivity index (χ4n) is 2.89. The van der Waals surface area contributed by atoms with Crippen molar-refractivity contribution in [2.75, 3.05) is 26.9 Å². The summed E-state index contributed by atoms with van der Waals surface area (Å²) in [4.78, 5) is 0. The lowest BCUT2D eigenvalue weighted by Crippen LogP contribution is -2.51. The molecule has 3 N–H and O–H groups in total. The van der Waals surface area contributed by atoms with Crippen molar-refractivity contribution in [3.63, 3.8) is 0 Å². The van der Waals surface area contributed by atoms with Crippen LogP contribution in [0.1, 0.15) is 31.4 Å². The second kappa shape index (κ2) is 7.04. The molecule has 1 saturated heterocycles. The third-order valence-corrected chi connectivity index (χ3v) is 3.89. The zero-order chi connectivity index (χ0) is 14.4. The van der Waals surface area contributed by atoms with Gasteiger partial charge in [-0.2, -0.15) is 0 Å². The van der Waals surface area contributed by atoms with Crippen molar-refractivity contribution < 1.29 is 14.2 Å². The first-order chi connectivity index (χ1) is 9.75. The molecule has 20 heavy (non-hydrogen) atoms. The molecule has 0 amide bonds. The second-order valence-electron chi connectivity index (χ2n) is 4.99. The third kappa shape index (κ3) is 3.12. The number of rotatable bonds is 6. The van der Waals surface area contributed by atoms with Crippen molar-refractivity contribution in [3.05, 3.63) is 29.8 Å². The van der Waals surface area contributed by atoms with Crippen LogP contribution in [-0.4, -0.2) is 32.5 Å². The van der Waals surface area contributed by atoms with E-state index in [4.69, 9.17) is 20.1 Å². The van der Waals surface area contributed by atoms with Crippen LogP contribution in [-0.2, 0) is 9.47 Å². The van der Waals surface area contributed by atoms with E-state index in [-0.39, 0.29) is 11.6 Å². The van der Waals surface area contributed by atoms with Crippen molar-refractivity contribution in [2.45, 2.75) is 31.4 Å². The number of nitrogens with one attached hydrogen (secondary N) is 1. The number of hydrogen-bond acceptors (Lipinski definition) is 5. The molecule has 1 fully saturated rings. The van der Waals surface area contributed by atoms with Gasteiger partial charge < -0.3 is 14.2 Å². The van der Waals surface area contributed by atoms with Crippen LogP contribution in [0.5, 0.6) is 5.75 Å². The lowest BCUT2D eigenvalue weighted by atomic mass is 9.82. The Hall–Kier alpha value is -1.14. The SMILES string of the molecule is CCOC1(C(NN)c2cccc(OC)c2)CCOCC1. The molecule has 1 aliphatic heterocycles. The summed E-state index contributed by atoms with van der Waals surface area (Å²) in [7, 11) is 1.66. The lowest BCUT2D eigenvalue weighted by molar-refractivity contribution is -0.128. The summed E-state index contributed by atoms with van der Waals surface area (Å²) in [6.07, 6.45) is 1.65. The molecule has 1 atom stereocenters. The van der Waals surface area contributed by atoms with Crippen molar-refractivity contribution in [1.29, 1.82) is 0 Å². The molecule has 0 saturated carbocycles. The molecule has 1 aromatic carbocycles. The highest BCUT2D eigenvalue weighted by atomic mass is 16.5. The average molecular weight is 280 g/mol. The smallest absolute Gasteiger partial charge is 0.119 e. The van der Waals surface area contributed by atoms with Crippen LogP contribution < -0.4 is 16.0 Å². The highest BCUT2D eigenvalue weighted by Gasteiger charge is 2.41. The lowest BCUT2D eigenvalue weighted by Gasteiger charge is -2.43. The standard InChI is InChI=1S/C15H24N2O3/c1-3-20-15(7-9-19-10-8-15)14(17-16)12-5-4-6-13(11-12)18-2/h4-6,11,14,17H,3,7-10,16H2,1-2H3. The Kier molecular flexibility index (Phi) is 5.37. The normalized spacial score (nSPS) is 19.6. The Morgan fingerprint density at radius 1 is 1.40 bits per heavy atom. The van der Waals surface area contributed by atoms with Gasteiger partial charge in [-0.1, -0.05) is 12.1 Å². The number of benzene rings is 1. The van der Waals surface area contributed by atoms with E-state index in [2.05, 4.69) is 5.43 Å². The molecule has 0 aromatic heterocycles. The molecule has 1 heterocycles. The van der Waals surface area contributed by atoms with Gasteiger partial charge in [0.15, 0.2) is 0 Å². The van der Waals surface area contributed by atoms with E-state index in [1.807, 2.05) is 31.2 Å². The Morgan fingerprint density at radius 3 is 2.75 bits per heavy atom. The number of ether oxygens (including phenoxy) is 3. The minimum atomic E-state index is -0.325. The van der Waals surface area contributed by atoms with Crippen molar-refractivity contribution in [2.24, 2.45) is 5.84 Å². The molecule has 1 aromatic rings. The zero-order valence-corrected chi connectivity index (χ0v) is 12.2. The van der Waals surface area contributed by atoms with Gasteiger partial charge in [-0.25, -0.2) is 0 Å². The van der Waals surface area contributed by atoms with Gasteiger partial charge in [-0.05, 0) is 24.6 Å². The van der Waals surface area contributed by atoms with Gasteiger partial charge in [0, 0.05) is 32.7 Å². The fraction of sp³-hybridized carbons (Fsp3) is 0.600.